The van der Waals surface area contributed by atoms with Gasteiger partial charge in [0, 0.05) is 44.9 Å². The van der Waals surface area contributed by atoms with E-state index in [1.165, 1.54) is 12.5 Å². The van der Waals surface area contributed by atoms with Gasteiger partial charge in [-0.1, -0.05) is 11.6 Å². The van der Waals surface area contributed by atoms with Gasteiger partial charge in [-0.2, -0.15) is 0 Å². The number of nitrogens with zero attached hydrogens (tertiary/aromatic N) is 6. The van der Waals surface area contributed by atoms with Crippen LogP contribution in [0.2, 0.25) is 5.02 Å². The molecule has 0 atom stereocenters. The number of carbonyl (C=O) groups is 1. The van der Waals surface area contributed by atoms with E-state index in [1.54, 1.807) is 0 Å². The van der Waals surface area contributed by atoms with Gasteiger partial charge >= 0.3 is 0 Å². The van der Waals surface area contributed by atoms with Crippen molar-refractivity contribution in [1.82, 2.24) is 29.7 Å². The maximum atomic E-state index is 12.3. The van der Waals surface area contributed by atoms with E-state index in [0.29, 0.717) is 63.7 Å². The van der Waals surface area contributed by atoms with Crippen LogP contribution in [0, 0.1) is 0 Å². The molecule has 12 nitrogen and oxygen atoms in total. The molecule has 1 aromatic carbocycles. The lowest BCUT2D eigenvalue weighted by Gasteiger charge is -2.35. The van der Waals surface area contributed by atoms with Crippen molar-refractivity contribution in [2.24, 2.45) is 0 Å². The maximum Gasteiger partial charge on any atom is 0.262 e. The second-order valence-electron chi connectivity index (χ2n) is 10.2. The van der Waals surface area contributed by atoms with Gasteiger partial charge in [-0.15, -0.1) is 0 Å². The third-order valence-electron chi connectivity index (χ3n) is 6.49. The molecule has 0 saturated carbocycles. The standard InChI is InChI=1S/C27H34ClN7O5/c1-17(2)40-21-12-18(37-10-9-34-5-7-35(8-6-34)22(36)14-33(3)4)11-20-23(21)26(31-15-30-20)32-24-19(28)13-29-27-25(24)38-16-39-27/h11-13,15,17H,5-10,14,16H2,1-4H3,(H,29,30,31,32). The molecule has 5 rings (SSSR count). The van der Waals surface area contributed by atoms with Crippen LogP contribution < -0.4 is 24.3 Å². The zero-order chi connectivity index (χ0) is 28.2. The van der Waals surface area contributed by atoms with Crippen molar-refractivity contribution in [3.8, 4) is 23.1 Å². The van der Waals surface area contributed by atoms with Crippen molar-refractivity contribution in [2.45, 2.75) is 20.0 Å². The van der Waals surface area contributed by atoms with E-state index in [4.69, 9.17) is 30.5 Å². The molecule has 2 aliphatic heterocycles. The highest BCUT2D eigenvalue weighted by molar-refractivity contribution is 6.33. The predicted octanol–water partition coefficient (Wildman–Crippen LogP) is 3.02. The number of nitrogens with one attached hydrogen (secondary N) is 1. The van der Waals surface area contributed by atoms with Crippen LogP contribution in [0.25, 0.3) is 10.9 Å². The number of amides is 1. The number of rotatable bonds is 10. The Morgan fingerprint density at radius 3 is 2.70 bits per heavy atom. The van der Waals surface area contributed by atoms with Crippen molar-refractivity contribution in [1.29, 1.82) is 0 Å². The van der Waals surface area contributed by atoms with Crippen LogP contribution in [0.5, 0.6) is 23.1 Å². The topological polar surface area (TPSA) is 114 Å². The predicted molar refractivity (Wildman–Crippen MR) is 151 cm³/mol. The van der Waals surface area contributed by atoms with Gasteiger partial charge in [0.05, 0.1) is 34.8 Å². The number of anilines is 2. The molecule has 214 valence electrons. The zero-order valence-corrected chi connectivity index (χ0v) is 23.9. The fraction of sp³-hybridized carbons (Fsp3) is 0.481. The van der Waals surface area contributed by atoms with Crippen molar-refractivity contribution in [3.63, 3.8) is 0 Å². The molecule has 0 unspecified atom stereocenters. The lowest BCUT2D eigenvalue weighted by Crippen LogP contribution is -2.51. The summed E-state index contributed by atoms with van der Waals surface area (Å²) in [5.74, 6) is 2.68. The molecule has 40 heavy (non-hydrogen) atoms. The number of likely N-dealkylation sites (N-methyl/N-ethyl adjacent to an activating group) is 1. The van der Waals surface area contributed by atoms with Crippen LogP contribution in [-0.2, 0) is 4.79 Å². The molecule has 0 spiro atoms. The van der Waals surface area contributed by atoms with Crippen LogP contribution in [0.15, 0.2) is 24.7 Å². The van der Waals surface area contributed by atoms with Gasteiger partial charge in [-0.05, 0) is 27.9 Å². The Hall–Kier alpha value is -3.61. The van der Waals surface area contributed by atoms with E-state index < -0.39 is 0 Å². The van der Waals surface area contributed by atoms with E-state index in [0.717, 1.165) is 32.7 Å². The monoisotopic (exact) mass is 571 g/mol. The summed E-state index contributed by atoms with van der Waals surface area (Å²) in [6, 6.07) is 3.72. The fourth-order valence-corrected chi connectivity index (χ4v) is 4.79. The third-order valence-corrected chi connectivity index (χ3v) is 6.77. The number of pyridine rings is 1. The minimum absolute atomic E-state index is 0.0640. The number of hydrogen-bond donors (Lipinski definition) is 1. The molecule has 1 amide bonds. The van der Waals surface area contributed by atoms with Crippen molar-refractivity contribution < 1.29 is 23.7 Å². The summed E-state index contributed by atoms with van der Waals surface area (Å²) in [6.07, 6.45) is 2.88. The Morgan fingerprint density at radius 1 is 1.15 bits per heavy atom. The van der Waals surface area contributed by atoms with E-state index in [-0.39, 0.29) is 18.8 Å². The Bertz CT molecular complexity index is 1360. The highest BCUT2D eigenvalue weighted by Crippen LogP contribution is 2.44. The summed E-state index contributed by atoms with van der Waals surface area (Å²) in [6.45, 7) is 8.74. The molecule has 1 fully saturated rings. The summed E-state index contributed by atoms with van der Waals surface area (Å²) in [5, 5.41) is 4.32. The fourth-order valence-electron chi connectivity index (χ4n) is 4.61. The van der Waals surface area contributed by atoms with Crippen LogP contribution in [0.3, 0.4) is 0 Å². The van der Waals surface area contributed by atoms with E-state index in [9.17, 15) is 4.79 Å². The molecular weight excluding hydrogens is 538 g/mol. The van der Waals surface area contributed by atoms with Gasteiger partial charge in [-0.25, -0.2) is 15.0 Å². The number of halogens is 1. The SMILES string of the molecule is CC(C)Oc1cc(OCCN2CCN(C(=O)CN(C)C)CC2)cc2ncnc(Nc3c(Cl)cnc4c3OCO4)c12. The average molecular weight is 572 g/mol. The number of carbonyl (C=O) groups excluding carboxylic acids is 1. The first-order valence-corrected chi connectivity index (χ1v) is 13.6. The van der Waals surface area contributed by atoms with Crippen LogP contribution >= 0.6 is 11.6 Å². The first kappa shape index (κ1) is 27.9. The largest absolute Gasteiger partial charge is 0.492 e. The number of fused-ring (bicyclic) bond motifs is 2. The van der Waals surface area contributed by atoms with Gasteiger partial charge in [0.1, 0.15) is 35.9 Å². The van der Waals surface area contributed by atoms with Crippen molar-refractivity contribution >= 4 is 39.9 Å². The number of hydrogen-bond acceptors (Lipinski definition) is 11. The summed E-state index contributed by atoms with van der Waals surface area (Å²) >= 11 is 6.44. The minimum Gasteiger partial charge on any atom is -0.492 e. The highest BCUT2D eigenvalue weighted by atomic mass is 35.5. The van der Waals surface area contributed by atoms with E-state index >= 15 is 0 Å². The molecule has 4 heterocycles. The van der Waals surface area contributed by atoms with Gasteiger partial charge in [0.2, 0.25) is 18.4 Å². The Morgan fingerprint density at radius 2 is 1.95 bits per heavy atom. The van der Waals surface area contributed by atoms with Crippen LogP contribution in [0.4, 0.5) is 11.5 Å². The summed E-state index contributed by atoms with van der Waals surface area (Å²) in [7, 11) is 3.82. The molecule has 0 aliphatic carbocycles. The first-order chi connectivity index (χ1) is 19.3. The molecule has 1 N–H and O–H groups in total. The zero-order valence-electron chi connectivity index (χ0n) is 23.1. The number of ether oxygens (including phenoxy) is 4. The first-order valence-electron chi connectivity index (χ1n) is 13.2. The van der Waals surface area contributed by atoms with Crippen LogP contribution in [0.1, 0.15) is 13.8 Å². The molecule has 0 bridgehead atoms. The Labute approximate surface area is 238 Å². The summed E-state index contributed by atoms with van der Waals surface area (Å²) in [5.41, 5.74) is 1.15. The van der Waals surface area contributed by atoms with Gasteiger partial charge in [-0.3, -0.25) is 9.69 Å². The number of aromatic nitrogens is 3. The van der Waals surface area contributed by atoms with E-state index in [2.05, 4.69) is 25.2 Å². The van der Waals surface area contributed by atoms with Crippen molar-refractivity contribution in [2.75, 3.05) is 72.1 Å². The molecule has 2 aromatic heterocycles. The van der Waals surface area contributed by atoms with Crippen molar-refractivity contribution in [3.05, 3.63) is 29.7 Å². The van der Waals surface area contributed by atoms with E-state index in [1.807, 2.05) is 49.9 Å². The number of benzene rings is 1. The third kappa shape index (κ3) is 6.40. The normalized spacial score (nSPS) is 15.2. The Balaban J connectivity index is 1.29. The molecule has 3 aromatic rings. The second kappa shape index (κ2) is 12.3. The highest BCUT2D eigenvalue weighted by Gasteiger charge is 2.25. The quantitative estimate of drug-likeness (QED) is 0.387. The Kier molecular flexibility index (Phi) is 8.57. The minimum atomic E-state index is -0.0940. The van der Waals surface area contributed by atoms with Gasteiger partial charge in [0.25, 0.3) is 5.88 Å². The summed E-state index contributed by atoms with van der Waals surface area (Å²) < 4.78 is 23.3. The average Bonchev–Trinajstić information content (AvgIpc) is 3.39. The molecular formula is C27H34ClN7O5. The molecule has 0 radical (unpaired) electrons. The lowest BCUT2D eigenvalue weighted by atomic mass is 10.2. The van der Waals surface area contributed by atoms with Crippen LogP contribution in [-0.4, -0.2) is 108 Å². The molecule has 13 heteroatoms. The maximum absolute atomic E-state index is 12.3. The second-order valence-corrected chi connectivity index (χ2v) is 10.6. The molecule has 1 saturated heterocycles. The smallest absolute Gasteiger partial charge is 0.262 e. The lowest BCUT2D eigenvalue weighted by molar-refractivity contribution is -0.133. The molecule has 2 aliphatic rings. The van der Waals surface area contributed by atoms with Gasteiger partial charge in [0.15, 0.2) is 0 Å². The summed E-state index contributed by atoms with van der Waals surface area (Å²) in [4.78, 5) is 31.6. The van der Waals surface area contributed by atoms with Gasteiger partial charge < -0.3 is 34.1 Å². The number of piperazine rings is 1.